The summed E-state index contributed by atoms with van der Waals surface area (Å²) in [6, 6.07) is 16.0. The Morgan fingerprint density at radius 2 is 1.81 bits per heavy atom. The predicted molar refractivity (Wildman–Crippen MR) is 137 cm³/mol. The van der Waals surface area contributed by atoms with E-state index in [0.29, 0.717) is 17.9 Å². The maximum Gasteiger partial charge on any atom is 0.220 e. The molecule has 0 aliphatic rings. The smallest absolute Gasteiger partial charge is 0.220 e. The van der Waals surface area contributed by atoms with Crippen molar-refractivity contribution in [2.45, 2.75) is 36.2 Å². The van der Waals surface area contributed by atoms with Crippen LogP contribution >= 0.6 is 11.8 Å². The molecule has 4 aromatic rings. The minimum absolute atomic E-state index is 0.0963. The van der Waals surface area contributed by atoms with E-state index in [1.807, 2.05) is 41.8 Å². The average molecular weight is 505 g/mol. The van der Waals surface area contributed by atoms with Crippen LogP contribution in [0.5, 0.6) is 11.5 Å². The molecule has 36 heavy (non-hydrogen) atoms. The second-order valence-corrected chi connectivity index (χ2v) is 8.79. The summed E-state index contributed by atoms with van der Waals surface area (Å²) in [4.78, 5) is 22.3. The largest absolute Gasteiger partial charge is 0.493 e. The summed E-state index contributed by atoms with van der Waals surface area (Å²) in [5.41, 5.74) is 3.67. The summed E-state index contributed by atoms with van der Waals surface area (Å²) in [6.45, 7) is 2.78. The molecule has 186 valence electrons. The third-order valence-corrected chi connectivity index (χ3v) is 6.36. The van der Waals surface area contributed by atoms with Crippen LogP contribution in [0.1, 0.15) is 25.3 Å². The highest BCUT2D eigenvalue weighted by atomic mass is 32.2. The van der Waals surface area contributed by atoms with Gasteiger partial charge in [0.05, 0.1) is 19.9 Å². The van der Waals surface area contributed by atoms with Gasteiger partial charge in [-0.2, -0.15) is 0 Å². The summed E-state index contributed by atoms with van der Waals surface area (Å²) in [5, 5.41) is 15.7. The quantitative estimate of drug-likeness (QED) is 0.235. The third-order valence-electron chi connectivity index (χ3n) is 5.38. The lowest BCUT2D eigenvalue weighted by molar-refractivity contribution is -0.121. The van der Waals surface area contributed by atoms with Gasteiger partial charge in [-0.05, 0) is 48.7 Å². The molecule has 9 nitrogen and oxygen atoms in total. The van der Waals surface area contributed by atoms with Crippen molar-refractivity contribution in [2.24, 2.45) is 0 Å². The first-order valence-corrected chi connectivity index (χ1v) is 12.2. The lowest BCUT2D eigenvalue weighted by Gasteiger charge is -2.11. The fourth-order valence-electron chi connectivity index (χ4n) is 3.55. The number of carbonyl (C=O) groups is 1. The van der Waals surface area contributed by atoms with Gasteiger partial charge in [0.15, 0.2) is 16.7 Å². The van der Waals surface area contributed by atoms with E-state index >= 15 is 0 Å². The SMILES string of the molecule is CCCNC(=O)CCc1ccc(Sc2nc(-c3ccc(OC)c(OC)c3)cc3nccn23)cc1.N#N. The van der Waals surface area contributed by atoms with Gasteiger partial charge < -0.3 is 14.8 Å². The highest BCUT2D eigenvalue weighted by Gasteiger charge is 2.13. The number of fused-ring (bicyclic) bond motifs is 1. The summed E-state index contributed by atoms with van der Waals surface area (Å²) in [6.07, 6.45) is 5.85. The van der Waals surface area contributed by atoms with Crippen LogP contribution in [0, 0.1) is 10.8 Å². The molecule has 4 rings (SSSR count). The number of amides is 1. The molecule has 10 heteroatoms. The monoisotopic (exact) mass is 504 g/mol. The van der Waals surface area contributed by atoms with Crippen LogP contribution in [0.15, 0.2) is 71.0 Å². The van der Waals surface area contributed by atoms with Gasteiger partial charge in [-0.15, -0.1) is 0 Å². The first-order chi connectivity index (χ1) is 17.6. The summed E-state index contributed by atoms with van der Waals surface area (Å²) >= 11 is 1.57. The Balaban J connectivity index is 0.00000176. The fraction of sp³-hybridized carbons (Fsp3) is 0.269. The van der Waals surface area contributed by atoms with Crippen LogP contribution in [-0.2, 0) is 11.2 Å². The zero-order valence-corrected chi connectivity index (χ0v) is 21.3. The standard InChI is InChI=1S/C26H28N4O3S.N2/c1-4-13-28-25(31)12-7-18-5-9-20(10-6-18)34-26-29-21(17-24-27-14-15-30(24)26)19-8-11-22(32-2)23(16-19)33-3;1-2/h5-6,8-11,14-17H,4,7,12-13H2,1-3H3,(H,28,31);. The Labute approximate surface area is 214 Å². The normalized spacial score (nSPS) is 10.4. The van der Waals surface area contributed by atoms with Crippen LogP contribution in [0.4, 0.5) is 0 Å². The number of aryl methyl sites for hydroxylation is 1. The van der Waals surface area contributed by atoms with E-state index in [1.165, 1.54) is 0 Å². The number of ether oxygens (including phenoxy) is 2. The topological polar surface area (TPSA) is 125 Å². The molecule has 0 spiro atoms. The van der Waals surface area contributed by atoms with E-state index in [0.717, 1.165) is 51.9 Å². The molecule has 2 aromatic carbocycles. The molecular weight excluding hydrogens is 476 g/mol. The van der Waals surface area contributed by atoms with E-state index < -0.39 is 0 Å². The van der Waals surface area contributed by atoms with Crippen LogP contribution in [-0.4, -0.2) is 41.0 Å². The molecule has 0 aliphatic heterocycles. The van der Waals surface area contributed by atoms with Crippen molar-refractivity contribution >= 4 is 23.3 Å². The number of hydrogen-bond acceptors (Lipinski definition) is 8. The number of carbonyl (C=O) groups excluding carboxylic acids is 1. The Kier molecular flexibility index (Phi) is 9.65. The van der Waals surface area contributed by atoms with E-state index in [9.17, 15) is 4.79 Å². The molecule has 2 aromatic heterocycles. The molecule has 2 heterocycles. The van der Waals surface area contributed by atoms with E-state index in [-0.39, 0.29) is 5.91 Å². The van der Waals surface area contributed by atoms with Crippen molar-refractivity contribution < 1.29 is 14.3 Å². The molecule has 0 fully saturated rings. The third kappa shape index (κ3) is 6.52. The Morgan fingerprint density at radius 1 is 1.06 bits per heavy atom. The van der Waals surface area contributed by atoms with Crippen molar-refractivity contribution in [1.82, 2.24) is 19.7 Å². The first-order valence-electron chi connectivity index (χ1n) is 11.4. The maximum absolute atomic E-state index is 11.9. The maximum atomic E-state index is 11.9. The van der Waals surface area contributed by atoms with E-state index in [2.05, 4.69) is 34.6 Å². The van der Waals surface area contributed by atoms with Gasteiger partial charge in [0.25, 0.3) is 0 Å². The predicted octanol–water partition coefficient (Wildman–Crippen LogP) is 5.05. The van der Waals surface area contributed by atoms with E-state index in [4.69, 9.17) is 25.2 Å². The van der Waals surface area contributed by atoms with Gasteiger partial charge in [-0.3, -0.25) is 9.20 Å². The number of hydrogen-bond donors (Lipinski definition) is 1. The average Bonchev–Trinajstić information content (AvgIpc) is 3.41. The molecule has 0 aliphatic carbocycles. The highest BCUT2D eigenvalue weighted by molar-refractivity contribution is 7.99. The second kappa shape index (κ2) is 13.1. The van der Waals surface area contributed by atoms with Crippen LogP contribution in [0.25, 0.3) is 16.9 Å². The number of methoxy groups -OCH3 is 2. The molecule has 0 atom stereocenters. The Morgan fingerprint density at radius 3 is 2.50 bits per heavy atom. The van der Waals surface area contributed by atoms with Crippen LogP contribution in [0.2, 0.25) is 0 Å². The lowest BCUT2D eigenvalue weighted by Crippen LogP contribution is -2.24. The van der Waals surface area contributed by atoms with Crippen molar-refractivity contribution in [3.8, 4) is 22.8 Å². The van der Waals surface area contributed by atoms with Gasteiger partial charge >= 0.3 is 0 Å². The molecule has 1 N–H and O–H groups in total. The number of imidazole rings is 1. The zero-order chi connectivity index (χ0) is 25.9. The summed E-state index contributed by atoms with van der Waals surface area (Å²) in [7, 11) is 3.24. The molecule has 0 saturated heterocycles. The van der Waals surface area contributed by atoms with Crippen LogP contribution in [0.3, 0.4) is 0 Å². The molecule has 0 radical (unpaired) electrons. The van der Waals surface area contributed by atoms with Gasteiger partial charge in [0.2, 0.25) is 5.91 Å². The van der Waals surface area contributed by atoms with Crippen molar-refractivity contribution in [3.05, 3.63) is 66.5 Å². The molecule has 0 saturated carbocycles. The molecule has 0 bridgehead atoms. The van der Waals surface area contributed by atoms with Gasteiger partial charge in [-0.25, -0.2) is 9.97 Å². The van der Waals surface area contributed by atoms with E-state index in [1.54, 1.807) is 32.2 Å². The second-order valence-electron chi connectivity index (χ2n) is 7.75. The number of rotatable bonds is 10. The van der Waals surface area contributed by atoms with Gasteiger partial charge in [0, 0.05) is 52.7 Å². The summed E-state index contributed by atoms with van der Waals surface area (Å²) in [5.74, 6) is 1.42. The Hall–Kier alpha value is -4.10. The number of nitrogens with zero attached hydrogens (tertiary/aromatic N) is 5. The summed E-state index contributed by atoms with van der Waals surface area (Å²) < 4.78 is 12.8. The van der Waals surface area contributed by atoms with Crippen molar-refractivity contribution in [3.63, 3.8) is 0 Å². The number of benzene rings is 2. The van der Waals surface area contributed by atoms with Crippen molar-refractivity contribution in [1.29, 1.82) is 10.8 Å². The first kappa shape index (κ1) is 26.5. The van der Waals surface area contributed by atoms with Crippen molar-refractivity contribution in [2.75, 3.05) is 20.8 Å². The van der Waals surface area contributed by atoms with Crippen LogP contribution < -0.4 is 14.8 Å². The zero-order valence-electron chi connectivity index (χ0n) is 20.5. The molecular formula is C26H28N6O3S. The van der Waals surface area contributed by atoms with Gasteiger partial charge in [0.1, 0.15) is 5.65 Å². The number of aromatic nitrogens is 3. The number of nitrogens with one attached hydrogen (secondary N) is 1. The lowest BCUT2D eigenvalue weighted by atomic mass is 10.1. The minimum atomic E-state index is 0.0963. The molecule has 1 amide bonds. The minimum Gasteiger partial charge on any atom is -0.493 e. The van der Waals surface area contributed by atoms with Gasteiger partial charge in [-0.1, -0.05) is 30.8 Å². The highest BCUT2D eigenvalue weighted by Crippen LogP contribution is 2.34. The fourth-order valence-corrected chi connectivity index (χ4v) is 4.43. The molecule has 0 unspecified atom stereocenters. The Bertz CT molecular complexity index is 1320.